The Morgan fingerprint density at radius 1 is 1.30 bits per heavy atom. The predicted octanol–water partition coefficient (Wildman–Crippen LogP) is 2.02. The van der Waals surface area contributed by atoms with E-state index in [-0.39, 0.29) is 27.9 Å². The largest absolute Gasteiger partial charge is 0.348 e. The first-order valence-corrected chi connectivity index (χ1v) is 9.67. The van der Waals surface area contributed by atoms with Gasteiger partial charge in [0.05, 0.1) is 5.52 Å². The smallest absolute Gasteiger partial charge is 0.270 e. The van der Waals surface area contributed by atoms with Gasteiger partial charge in [0.15, 0.2) is 5.43 Å². The van der Waals surface area contributed by atoms with Gasteiger partial charge in [-0.15, -0.1) is 0 Å². The quantitative estimate of drug-likeness (QED) is 0.770. The van der Waals surface area contributed by atoms with Crippen LogP contribution in [0.4, 0.5) is 4.39 Å². The number of likely N-dealkylation sites (tertiary alicyclic amines) is 1. The van der Waals surface area contributed by atoms with E-state index in [1.165, 1.54) is 18.2 Å². The van der Waals surface area contributed by atoms with Crippen molar-refractivity contribution in [1.29, 1.82) is 0 Å². The number of fused-ring (bicyclic) bond motifs is 1. The highest BCUT2D eigenvalue weighted by molar-refractivity contribution is 5.95. The van der Waals surface area contributed by atoms with Crippen molar-refractivity contribution in [2.75, 3.05) is 19.6 Å². The fourth-order valence-corrected chi connectivity index (χ4v) is 4.44. The summed E-state index contributed by atoms with van der Waals surface area (Å²) in [5.41, 5.74) is 6.56. The number of aromatic nitrogens is 1. The maximum Gasteiger partial charge on any atom is 0.270 e. The third kappa shape index (κ3) is 3.37. The van der Waals surface area contributed by atoms with Crippen molar-refractivity contribution in [3.8, 4) is 0 Å². The summed E-state index contributed by atoms with van der Waals surface area (Å²) in [6.07, 6.45) is 2.98. The molecule has 1 aromatic heterocycles. The standard InChI is InChI=1S/C20H25FN4O2/c1-2-12-11-22-24-18(12)13-6-8-25(9-7-13)20(27)16-10-17(26)14-4-3-5-15(21)19(14)23-16/h3-5,10,12-13,18,22,24H,2,6-9,11H2,1H3,(H,23,26). The molecule has 3 heterocycles. The molecule has 0 aliphatic carbocycles. The van der Waals surface area contributed by atoms with E-state index in [0.717, 1.165) is 25.8 Å². The number of pyridine rings is 1. The van der Waals surface area contributed by atoms with Gasteiger partial charge in [0.1, 0.15) is 11.5 Å². The second-order valence-corrected chi connectivity index (χ2v) is 7.56. The van der Waals surface area contributed by atoms with Crippen LogP contribution in [-0.4, -0.2) is 41.5 Å². The Morgan fingerprint density at radius 3 is 2.81 bits per heavy atom. The summed E-state index contributed by atoms with van der Waals surface area (Å²) < 4.78 is 14.0. The Bertz CT molecular complexity index is 904. The van der Waals surface area contributed by atoms with Crippen LogP contribution in [-0.2, 0) is 0 Å². The number of rotatable bonds is 3. The van der Waals surface area contributed by atoms with Crippen LogP contribution in [0.25, 0.3) is 10.9 Å². The molecule has 144 valence electrons. The molecule has 2 fully saturated rings. The van der Waals surface area contributed by atoms with Gasteiger partial charge in [-0.05, 0) is 36.8 Å². The third-order valence-corrected chi connectivity index (χ3v) is 6.04. The SMILES string of the molecule is CCC1CNNC1C1CCN(C(=O)c2cc(=O)c3cccc(F)c3[nH]2)CC1. The van der Waals surface area contributed by atoms with Crippen molar-refractivity contribution in [1.82, 2.24) is 20.7 Å². The minimum absolute atomic E-state index is 0.0928. The molecule has 7 heteroatoms. The van der Waals surface area contributed by atoms with Crippen LogP contribution in [0.1, 0.15) is 36.7 Å². The van der Waals surface area contributed by atoms with Crippen LogP contribution in [0.2, 0.25) is 0 Å². The molecule has 2 saturated heterocycles. The lowest BCUT2D eigenvalue weighted by atomic mass is 9.82. The molecule has 2 aliphatic rings. The van der Waals surface area contributed by atoms with E-state index < -0.39 is 5.82 Å². The van der Waals surface area contributed by atoms with Crippen molar-refractivity contribution in [2.45, 2.75) is 32.2 Å². The number of nitrogens with zero attached hydrogens (tertiary/aromatic N) is 1. The highest BCUT2D eigenvalue weighted by Gasteiger charge is 2.35. The zero-order chi connectivity index (χ0) is 19.0. The lowest BCUT2D eigenvalue weighted by molar-refractivity contribution is 0.0657. The van der Waals surface area contributed by atoms with E-state index in [2.05, 4.69) is 22.8 Å². The Hall–Kier alpha value is -2.25. The molecular weight excluding hydrogens is 347 g/mol. The molecule has 6 nitrogen and oxygen atoms in total. The predicted molar refractivity (Wildman–Crippen MR) is 102 cm³/mol. The summed E-state index contributed by atoms with van der Waals surface area (Å²) in [7, 11) is 0. The average molecular weight is 372 g/mol. The summed E-state index contributed by atoms with van der Waals surface area (Å²) in [5, 5.41) is 0.260. The van der Waals surface area contributed by atoms with Gasteiger partial charge in [-0.3, -0.25) is 20.4 Å². The van der Waals surface area contributed by atoms with Gasteiger partial charge in [0.25, 0.3) is 5.91 Å². The van der Waals surface area contributed by atoms with Gasteiger partial charge in [0, 0.05) is 37.1 Å². The van der Waals surface area contributed by atoms with Gasteiger partial charge < -0.3 is 9.88 Å². The van der Waals surface area contributed by atoms with E-state index in [1.807, 2.05) is 0 Å². The first-order valence-electron chi connectivity index (χ1n) is 9.67. The van der Waals surface area contributed by atoms with Gasteiger partial charge in [-0.2, -0.15) is 0 Å². The number of benzene rings is 1. The summed E-state index contributed by atoms with van der Waals surface area (Å²) in [6, 6.07) is 6.07. The summed E-state index contributed by atoms with van der Waals surface area (Å²) >= 11 is 0. The van der Waals surface area contributed by atoms with Crippen molar-refractivity contribution in [3.05, 3.63) is 46.0 Å². The van der Waals surface area contributed by atoms with E-state index in [0.29, 0.717) is 31.0 Å². The average Bonchev–Trinajstić information content (AvgIpc) is 3.17. The molecule has 1 aromatic carbocycles. The topological polar surface area (TPSA) is 77.2 Å². The number of carbonyl (C=O) groups excluding carboxylic acids is 1. The van der Waals surface area contributed by atoms with E-state index in [4.69, 9.17) is 0 Å². The van der Waals surface area contributed by atoms with Crippen molar-refractivity contribution < 1.29 is 9.18 Å². The van der Waals surface area contributed by atoms with E-state index in [1.54, 1.807) is 11.0 Å². The number of H-pyrrole nitrogens is 1. The van der Waals surface area contributed by atoms with Gasteiger partial charge in [-0.25, -0.2) is 4.39 Å². The van der Waals surface area contributed by atoms with Crippen molar-refractivity contribution in [3.63, 3.8) is 0 Å². The van der Waals surface area contributed by atoms with Crippen molar-refractivity contribution in [2.24, 2.45) is 11.8 Å². The van der Waals surface area contributed by atoms with Crippen LogP contribution >= 0.6 is 0 Å². The Kier molecular flexibility index (Phi) is 4.97. The highest BCUT2D eigenvalue weighted by Crippen LogP contribution is 2.28. The lowest BCUT2D eigenvalue weighted by Crippen LogP contribution is -2.46. The number of aromatic amines is 1. The fourth-order valence-electron chi connectivity index (χ4n) is 4.44. The second-order valence-electron chi connectivity index (χ2n) is 7.56. The summed E-state index contributed by atoms with van der Waals surface area (Å²) in [5.74, 6) is 0.391. The molecule has 2 aromatic rings. The zero-order valence-electron chi connectivity index (χ0n) is 15.4. The minimum Gasteiger partial charge on any atom is -0.348 e. The molecule has 0 radical (unpaired) electrons. The number of amides is 1. The maximum atomic E-state index is 14.0. The fraction of sp³-hybridized carbons (Fsp3) is 0.500. The number of para-hydroxylation sites is 1. The molecule has 0 saturated carbocycles. The molecule has 27 heavy (non-hydrogen) atoms. The molecule has 2 unspecified atom stereocenters. The summed E-state index contributed by atoms with van der Waals surface area (Å²) in [4.78, 5) is 29.7. The lowest BCUT2D eigenvalue weighted by Gasteiger charge is -2.36. The number of hydrogen-bond acceptors (Lipinski definition) is 4. The monoisotopic (exact) mass is 372 g/mol. The molecule has 0 bridgehead atoms. The zero-order valence-corrected chi connectivity index (χ0v) is 15.4. The number of carbonyl (C=O) groups is 1. The van der Waals surface area contributed by atoms with Gasteiger partial charge in [-0.1, -0.05) is 19.4 Å². The van der Waals surface area contributed by atoms with E-state index in [9.17, 15) is 14.0 Å². The maximum absolute atomic E-state index is 14.0. The van der Waals surface area contributed by atoms with Gasteiger partial charge in [0.2, 0.25) is 0 Å². The number of hydrogen-bond donors (Lipinski definition) is 3. The summed E-state index contributed by atoms with van der Waals surface area (Å²) in [6.45, 7) is 4.50. The van der Waals surface area contributed by atoms with Crippen LogP contribution in [0.3, 0.4) is 0 Å². The number of halogens is 1. The third-order valence-electron chi connectivity index (χ3n) is 6.04. The molecule has 3 N–H and O–H groups in total. The number of hydrazine groups is 1. The van der Waals surface area contributed by atoms with Crippen LogP contribution in [0.5, 0.6) is 0 Å². The Labute approximate surface area is 157 Å². The second kappa shape index (κ2) is 7.40. The Morgan fingerprint density at radius 2 is 2.07 bits per heavy atom. The number of piperidine rings is 1. The molecule has 2 atom stereocenters. The molecular formula is C20H25FN4O2. The number of nitrogens with one attached hydrogen (secondary N) is 3. The van der Waals surface area contributed by atoms with E-state index >= 15 is 0 Å². The van der Waals surface area contributed by atoms with Gasteiger partial charge >= 0.3 is 0 Å². The molecule has 0 spiro atoms. The van der Waals surface area contributed by atoms with Crippen molar-refractivity contribution >= 4 is 16.8 Å². The van der Waals surface area contributed by atoms with Crippen LogP contribution < -0.4 is 16.3 Å². The Balaban J connectivity index is 1.49. The van der Waals surface area contributed by atoms with Crippen LogP contribution in [0.15, 0.2) is 29.1 Å². The molecule has 1 amide bonds. The minimum atomic E-state index is -0.525. The highest BCUT2D eigenvalue weighted by atomic mass is 19.1. The molecule has 2 aliphatic heterocycles. The first kappa shape index (κ1) is 18.1. The first-order chi connectivity index (χ1) is 13.1. The normalized spacial score (nSPS) is 23.9. The molecule has 4 rings (SSSR count). The van der Waals surface area contributed by atoms with Crippen LogP contribution in [0, 0.1) is 17.7 Å².